The number of aryl methyl sites for hydroxylation is 1. The van der Waals surface area contributed by atoms with Gasteiger partial charge in [-0.15, -0.1) is 0 Å². The molecule has 1 spiro atoms. The normalized spacial score (nSPS) is 15.4. The lowest BCUT2D eigenvalue weighted by molar-refractivity contribution is -0.113. The summed E-state index contributed by atoms with van der Waals surface area (Å²) in [5.41, 5.74) is 6.30. The topological polar surface area (TPSA) is 64.0 Å². The van der Waals surface area contributed by atoms with Crippen LogP contribution in [0.15, 0.2) is 87.2 Å². The van der Waals surface area contributed by atoms with E-state index in [1.807, 2.05) is 61.5 Å². The number of nitrogens with one attached hydrogen (secondary N) is 1. The molecule has 0 saturated heterocycles. The molecule has 3 aromatic carbocycles. The molecule has 6 rings (SSSR count). The largest absolute Gasteiger partial charge is 0.325 e. The van der Waals surface area contributed by atoms with Gasteiger partial charge in [0, 0.05) is 21.1 Å². The summed E-state index contributed by atoms with van der Waals surface area (Å²) in [5.74, 6) is -0.00487. The molecule has 0 bridgehead atoms. The molecule has 1 N–H and O–H groups in total. The Morgan fingerprint density at radius 3 is 2.49 bits per heavy atom. The number of carbonyl (C=O) groups is 1. The van der Waals surface area contributed by atoms with E-state index < -0.39 is 0 Å². The number of thioether (sulfide) groups is 1. The SMILES string of the molecule is Cc1ccccc1-n1c(SCC(=O)Nc2ccc(Br)cc2)nc2c(c1=O)C1(CCCCC1)Cc1ccccc1-2. The number of nitrogens with zero attached hydrogens (tertiary/aromatic N) is 2. The number of rotatable bonds is 5. The number of fused-ring (bicyclic) bond motifs is 4. The number of benzene rings is 3. The maximum absolute atomic E-state index is 14.6. The highest BCUT2D eigenvalue weighted by molar-refractivity contribution is 9.10. The molecular formula is C32H30BrN3O2S. The van der Waals surface area contributed by atoms with Gasteiger partial charge in [0.2, 0.25) is 5.91 Å². The summed E-state index contributed by atoms with van der Waals surface area (Å²) in [6, 6.07) is 23.8. The molecule has 0 radical (unpaired) electrons. The van der Waals surface area contributed by atoms with Crippen molar-refractivity contribution in [2.75, 3.05) is 11.1 Å². The molecule has 1 aromatic heterocycles. The molecule has 0 atom stereocenters. The predicted octanol–water partition coefficient (Wildman–Crippen LogP) is 7.46. The fraction of sp³-hybridized carbons (Fsp3) is 0.281. The highest BCUT2D eigenvalue weighted by atomic mass is 79.9. The lowest BCUT2D eigenvalue weighted by Crippen LogP contribution is -2.43. The first kappa shape index (κ1) is 26.1. The van der Waals surface area contributed by atoms with E-state index in [0.29, 0.717) is 5.16 Å². The van der Waals surface area contributed by atoms with E-state index in [1.54, 1.807) is 4.57 Å². The molecule has 0 unspecified atom stereocenters. The number of aromatic nitrogens is 2. The van der Waals surface area contributed by atoms with Crippen LogP contribution >= 0.6 is 27.7 Å². The van der Waals surface area contributed by atoms with Crippen LogP contribution in [0.4, 0.5) is 5.69 Å². The summed E-state index contributed by atoms with van der Waals surface area (Å²) in [6.07, 6.45) is 6.33. The smallest absolute Gasteiger partial charge is 0.263 e. The molecule has 1 saturated carbocycles. The lowest BCUT2D eigenvalue weighted by atomic mass is 9.62. The van der Waals surface area contributed by atoms with Crippen LogP contribution in [0.2, 0.25) is 0 Å². The maximum atomic E-state index is 14.6. The molecular weight excluding hydrogens is 570 g/mol. The van der Waals surface area contributed by atoms with Crippen molar-refractivity contribution >= 4 is 39.3 Å². The van der Waals surface area contributed by atoms with Crippen LogP contribution in [0.5, 0.6) is 0 Å². The zero-order valence-electron chi connectivity index (χ0n) is 21.9. The van der Waals surface area contributed by atoms with Gasteiger partial charge in [0.1, 0.15) is 0 Å². The van der Waals surface area contributed by atoms with Crippen LogP contribution in [0.25, 0.3) is 16.9 Å². The van der Waals surface area contributed by atoms with Gasteiger partial charge >= 0.3 is 0 Å². The standard InChI is InChI=1S/C32H30BrN3O2S/c1-21-9-3-6-12-26(21)36-30(38)28-29(25-11-5-4-10-22(25)19-32(28)17-7-2-8-18-32)35-31(36)39-20-27(37)34-24-15-13-23(33)14-16-24/h3-6,9-16H,2,7-8,17-20H2,1H3,(H,34,37). The first-order valence-corrected chi connectivity index (χ1v) is 15.2. The van der Waals surface area contributed by atoms with E-state index in [9.17, 15) is 9.59 Å². The highest BCUT2D eigenvalue weighted by Gasteiger charge is 2.43. The van der Waals surface area contributed by atoms with Crippen molar-refractivity contribution in [2.24, 2.45) is 0 Å². The number of para-hydroxylation sites is 1. The first-order chi connectivity index (χ1) is 18.9. The van der Waals surface area contributed by atoms with Gasteiger partial charge in [-0.25, -0.2) is 4.98 Å². The minimum Gasteiger partial charge on any atom is -0.325 e. The quantitative estimate of drug-likeness (QED) is 0.191. The minimum atomic E-state index is -0.196. The zero-order valence-corrected chi connectivity index (χ0v) is 24.3. The second-order valence-electron chi connectivity index (χ2n) is 10.6. The molecule has 198 valence electrons. The first-order valence-electron chi connectivity index (χ1n) is 13.5. The van der Waals surface area contributed by atoms with E-state index in [-0.39, 0.29) is 22.6 Å². The molecule has 2 aliphatic rings. The van der Waals surface area contributed by atoms with Gasteiger partial charge in [-0.05, 0) is 67.6 Å². The number of hydrogen-bond donors (Lipinski definition) is 1. The predicted molar refractivity (Wildman–Crippen MR) is 162 cm³/mol. The number of hydrogen-bond acceptors (Lipinski definition) is 4. The van der Waals surface area contributed by atoms with E-state index in [1.165, 1.54) is 23.7 Å². The molecule has 0 aliphatic heterocycles. The summed E-state index contributed by atoms with van der Waals surface area (Å²) in [4.78, 5) is 32.8. The molecule has 39 heavy (non-hydrogen) atoms. The summed E-state index contributed by atoms with van der Waals surface area (Å²) in [5, 5.41) is 3.50. The fourth-order valence-electron chi connectivity index (χ4n) is 6.17. The average molecular weight is 601 g/mol. The number of anilines is 1. The van der Waals surface area contributed by atoms with E-state index in [4.69, 9.17) is 4.98 Å². The van der Waals surface area contributed by atoms with Crippen LogP contribution in [-0.4, -0.2) is 21.2 Å². The lowest BCUT2D eigenvalue weighted by Gasteiger charge is -2.42. The van der Waals surface area contributed by atoms with Crippen molar-refractivity contribution in [2.45, 2.75) is 56.0 Å². The van der Waals surface area contributed by atoms with Crippen LogP contribution in [0.1, 0.15) is 48.8 Å². The van der Waals surface area contributed by atoms with Gasteiger partial charge in [-0.1, -0.05) is 89.4 Å². The van der Waals surface area contributed by atoms with E-state index >= 15 is 0 Å². The van der Waals surface area contributed by atoms with Crippen molar-refractivity contribution in [1.29, 1.82) is 0 Å². The molecule has 5 nitrogen and oxygen atoms in total. The van der Waals surface area contributed by atoms with Crippen molar-refractivity contribution in [3.8, 4) is 16.9 Å². The third-order valence-corrected chi connectivity index (χ3v) is 9.48. The monoisotopic (exact) mass is 599 g/mol. The van der Waals surface area contributed by atoms with Gasteiger partial charge in [0.15, 0.2) is 5.16 Å². The Labute approximate surface area is 241 Å². The van der Waals surface area contributed by atoms with Crippen molar-refractivity contribution in [3.63, 3.8) is 0 Å². The molecule has 1 fully saturated rings. The summed E-state index contributed by atoms with van der Waals surface area (Å²) >= 11 is 4.73. The van der Waals surface area contributed by atoms with Gasteiger partial charge in [-0.3, -0.25) is 14.2 Å². The molecule has 7 heteroatoms. The van der Waals surface area contributed by atoms with Gasteiger partial charge in [0.25, 0.3) is 5.56 Å². The minimum absolute atomic E-state index is 0.00141. The summed E-state index contributed by atoms with van der Waals surface area (Å²) in [7, 11) is 0. The maximum Gasteiger partial charge on any atom is 0.263 e. The van der Waals surface area contributed by atoms with Crippen molar-refractivity contribution in [3.05, 3.63) is 104 Å². The van der Waals surface area contributed by atoms with E-state index in [2.05, 4.69) is 39.4 Å². The van der Waals surface area contributed by atoms with Crippen LogP contribution in [0.3, 0.4) is 0 Å². The van der Waals surface area contributed by atoms with Gasteiger partial charge in [-0.2, -0.15) is 0 Å². The number of amides is 1. The number of carbonyl (C=O) groups excluding carboxylic acids is 1. The fourth-order valence-corrected chi connectivity index (χ4v) is 7.24. The molecule has 4 aromatic rings. The molecule has 1 amide bonds. The van der Waals surface area contributed by atoms with Crippen molar-refractivity contribution in [1.82, 2.24) is 9.55 Å². The van der Waals surface area contributed by atoms with E-state index in [0.717, 1.165) is 70.3 Å². The molecule has 1 heterocycles. The Hall–Kier alpha value is -3.16. The van der Waals surface area contributed by atoms with Crippen LogP contribution < -0.4 is 10.9 Å². The van der Waals surface area contributed by atoms with Crippen LogP contribution in [-0.2, 0) is 16.6 Å². The Morgan fingerprint density at radius 2 is 1.72 bits per heavy atom. The molecule has 2 aliphatic carbocycles. The number of halogens is 1. The summed E-state index contributed by atoms with van der Waals surface area (Å²) in [6.45, 7) is 2.02. The highest BCUT2D eigenvalue weighted by Crippen LogP contribution is 2.49. The second-order valence-corrected chi connectivity index (χ2v) is 12.4. The third-order valence-electron chi connectivity index (χ3n) is 8.01. The Kier molecular flexibility index (Phi) is 7.21. The van der Waals surface area contributed by atoms with Gasteiger partial charge < -0.3 is 5.32 Å². The Bertz CT molecular complexity index is 1610. The van der Waals surface area contributed by atoms with Gasteiger partial charge in [0.05, 0.1) is 22.7 Å². The average Bonchev–Trinajstić information content (AvgIpc) is 2.94. The van der Waals surface area contributed by atoms with Crippen molar-refractivity contribution < 1.29 is 4.79 Å². The second kappa shape index (κ2) is 10.8. The third kappa shape index (κ3) is 4.98. The summed E-state index contributed by atoms with van der Waals surface area (Å²) < 4.78 is 2.71. The Balaban J connectivity index is 1.47. The van der Waals surface area contributed by atoms with Crippen LogP contribution in [0, 0.1) is 6.92 Å². The Morgan fingerprint density at radius 1 is 1.00 bits per heavy atom. The zero-order chi connectivity index (χ0) is 27.0.